The summed E-state index contributed by atoms with van der Waals surface area (Å²) in [6.45, 7) is 3.65. The highest BCUT2D eigenvalue weighted by Gasteiger charge is 2.26. The average Bonchev–Trinajstić information content (AvgIpc) is 2.99. The molecule has 3 heteroatoms. The lowest BCUT2D eigenvalue weighted by molar-refractivity contribution is 0.190. The summed E-state index contributed by atoms with van der Waals surface area (Å²) in [6.07, 6.45) is 4.90. The van der Waals surface area contributed by atoms with Crippen LogP contribution in [-0.2, 0) is 0 Å². The lowest BCUT2D eigenvalue weighted by Gasteiger charge is -2.22. The highest BCUT2D eigenvalue weighted by Crippen LogP contribution is 2.31. The Hall–Kier alpha value is -0.380. The zero-order valence-corrected chi connectivity index (χ0v) is 11.4. The van der Waals surface area contributed by atoms with Gasteiger partial charge < -0.3 is 10.4 Å². The van der Waals surface area contributed by atoms with Crippen molar-refractivity contribution in [3.8, 4) is 0 Å². The highest BCUT2D eigenvalue weighted by atomic mass is 32.1. The van der Waals surface area contributed by atoms with E-state index >= 15 is 0 Å². The molecular weight excluding hydrogens is 230 g/mol. The summed E-state index contributed by atoms with van der Waals surface area (Å²) in [7, 11) is 0. The van der Waals surface area contributed by atoms with Crippen molar-refractivity contribution in [2.75, 3.05) is 13.2 Å². The molecule has 1 saturated carbocycles. The van der Waals surface area contributed by atoms with Gasteiger partial charge in [-0.1, -0.05) is 19.4 Å². The first-order chi connectivity index (χ1) is 8.35. The van der Waals surface area contributed by atoms with E-state index in [4.69, 9.17) is 0 Å². The summed E-state index contributed by atoms with van der Waals surface area (Å²) in [5.41, 5.74) is 0. The fourth-order valence-corrected chi connectivity index (χ4v) is 3.74. The Morgan fingerprint density at radius 3 is 2.94 bits per heavy atom. The molecule has 1 heterocycles. The predicted octanol–water partition coefficient (Wildman–Crippen LogP) is 3.20. The second kappa shape index (κ2) is 6.53. The van der Waals surface area contributed by atoms with Crippen molar-refractivity contribution >= 4 is 11.3 Å². The Kier molecular flexibility index (Phi) is 5.01. The summed E-state index contributed by atoms with van der Waals surface area (Å²) < 4.78 is 0. The molecule has 0 spiro atoms. The summed E-state index contributed by atoms with van der Waals surface area (Å²) in [5, 5.41) is 15.1. The molecule has 1 aliphatic carbocycles. The van der Waals surface area contributed by atoms with E-state index in [0.29, 0.717) is 24.5 Å². The molecule has 0 aliphatic heterocycles. The van der Waals surface area contributed by atoms with Crippen LogP contribution in [0.15, 0.2) is 17.5 Å². The Labute approximate surface area is 108 Å². The van der Waals surface area contributed by atoms with Crippen LogP contribution in [-0.4, -0.2) is 18.3 Å². The number of aliphatic hydroxyl groups excluding tert-OH is 1. The maximum absolute atomic E-state index is 9.32. The van der Waals surface area contributed by atoms with Gasteiger partial charge in [-0.3, -0.25) is 0 Å². The number of nitrogens with one attached hydrogen (secondary N) is 1. The minimum atomic E-state index is 0.363. The first kappa shape index (κ1) is 13.1. The van der Waals surface area contributed by atoms with Crippen molar-refractivity contribution in [2.24, 2.45) is 11.8 Å². The number of aliphatic hydroxyl groups is 1. The molecule has 1 fully saturated rings. The van der Waals surface area contributed by atoms with Crippen LogP contribution in [0.3, 0.4) is 0 Å². The van der Waals surface area contributed by atoms with Gasteiger partial charge in [0.2, 0.25) is 0 Å². The van der Waals surface area contributed by atoms with E-state index in [2.05, 4.69) is 29.8 Å². The SMILES string of the molecule is CCC(NCC1CCCC1CO)c1cccs1. The lowest BCUT2D eigenvalue weighted by Crippen LogP contribution is -2.29. The van der Waals surface area contributed by atoms with Crippen LogP contribution < -0.4 is 5.32 Å². The van der Waals surface area contributed by atoms with Crippen molar-refractivity contribution in [3.63, 3.8) is 0 Å². The predicted molar refractivity (Wildman–Crippen MR) is 73.3 cm³/mol. The van der Waals surface area contributed by atoms with Gasteiger partial charge in [-0.2, -0.15) is 0 Å². The molecule has 0 radical (unpaired) electrons. The average molecular weight is 253 g/mol. The molecule has 3 atom stereocenters. The second-order valence-corrected chi connectivity index (χ2v) is 6.00. The van der Waals surface area contributed by atoms with E-state index in [1.165, 1.54) is 24.1 Å². The monoisotopic (exact) mass is 253 g/mol. The molecule has 0 bridgehead atoms. The molecule has 96 valence electrons. The maximum Gasteiger partial charge on any atom is 0.0462 e. The fourth-order valence-electron chi connectivity index (χ4n) is 2.85. The van der Waals surface area contributed by atoms with Crippen LogP contribution in [0.25, 0.3) is 0 Å². The molecule has 2 rings (SSSR count). The van der Waals surface area contributed by atoms with Crippen LogP contribution in [0.4, 0.5) is 0 Å². The Balaban J connectivity index is 1.84. The molecule has 1 aliphatic rings. The zero-order valence-electron chi connectivity index (χ0n) is 10.6. The summed E-state index contributed by atoms with van der Waals surface area (Å²) in [4.78, 5) is 1.44. The van der Waals surface area contributed by atoms with Gasteiger partial charge in [0.15, 0.2) is 0 Å². The number of hydrogen-bond donors (Lipinski definition) is 2. The Morgan fingerprint density at radius 2 is 2.29 bits per heavy atom. The molecule has 0 amide bonds. The van der Waals surface area contributed by atoms with Gasteiger partial charge in [-0.25, -0.2) is 0 Å². The van der Waals surface area contributed by atoms with Crippen molar-refractivity contribution in [1.29, 1.82) is 0 Å². The minimum absolute atomic E-state index is 0.363. The molecule has 3 unspecified atom stereocenters. The zero-order chi connectivity index (χ0) is 12.1. The van der Waals surface area contributed by atoms with E-state index in [-0.39, 0.29) is 0 Å². The van der Waals surface area contributed by atoms with Crippen LogP contribution >= 0.6 is 11.3 Å². The third-order valence-corrected chi connectivity index (χ3v) is 4.96. The van der Waals surface area contributed by atoms with E-state index in [1.807, 2.05) is 11.3 Å². The van der Waals surface area contributed by atoms with Crippen LogP contribution in [0.5, 0.6) is 0 Å². The van der Waals surface area contributed by atoms with Gasteiger partial charge in [-0.05, 0) is 49.1 Å². The molecule has 1 aromatic rings. The van der Waals surface area contributed by atoms with Crippen molar-refractivity contribution in [1.82, 2.24) is 5.32 Å². The van der Waals surface area contributed by atoms with Gasteiger partial charge >= 0.3 is 0 Å². The summed E-state index contributed by atoms with van der Waals surface area (Å²) in [6, 6.07) is 4.83. The van der Waals surface area contributed by atoms with Crippen LogP contribution in [0.2, 0.25) is 0 Å². The lowest BCUT2D eigenvalue weighted by atomic mass is 9.96. The third-order valence-electron chi connectivity index (χ3n) is 3.97. The highest BCUT2D eigenvalue weighted by molar-refractivity contribution is 7.10. The number of rotatable bonds is 6. The van der Waals surface area contributed by atoms with Gasteiger partial charge in [0.1, 0.15) is 0 Å². The molecule has 0 saturated heterocycles. The van der Waals surface area contributed by atoms with Gasteiger partial charge in [-0.15, -0.1) is 11.3 Å². The quantitative estimate of drug-likeness (QED) is 0.816. The normalized spacial score (nSPS) is 26.2. The van der Waals surface area contributed by atoms with E-state index in [0.717, 1.165) is 13.0 Å². The van der Waals surface area contributed by atoms with Gasteiger partial charge in [0.25, 0.3) is 0 Å². The van der Waals surface area contributed by atoms with Crippen LogP contribution in [0.1, 0.15) is 43.5 Å². The molecular formula is C14H23NOS. The van der Waals surface area contributed by atoms with Crippen LogP contribution in [0, 0.1) is 11.8 Å². The fraction of sp³-hybridized carbons (Fsp3) is 0.714. The Morgan fingerprint density at radius 1 is 1.47 bits per heavy atom. The van der Waals surface area contributed by atoms with E-state index in [1.54, 1.807) is 0 Å². The van der Waals surface area contributed by atoms with Crippen molar-refractivity contribution in [3.05, 3.63) is 22.4 Å². The molecule has 2 N–H and O–H groups in total. The smallest absolute Gasteiger partial charge is 0.0462 e. The first-order valence-corrected chi connectivity index (χ1v) is 7.60. The topological polar surface area (TPSA) is 32.3 Å². The van der Waals surface area contributed by atoms with E-state index < -0.39 is 0 Å². The molecule has 1 aromatic heterocycles. The maximum atomic E-state index is 9.32. The number of hydrogen-bond acceptors (Lipinski definition) is 3. The molecule has 0 aromatic carbocycles. The third kappa shape index (κ3) is 3.30. The summed E-state index contributed by atoms with van der Waals surface area (Å²) >= 11 is 1.83. The van der Waals surface area contributed by atoms with E-state index in [9.17, 15) is 5.11 Å². The van der Waals surface area contributed by atoms with Gasteiger partial charge in [0, 0.05) is 17.5 Å². The minimum Gasteiger partial charge on any atom is -0.396 e. The second-order valence-electron chi connectivity index (χ2n) is 5.02. The van der Waals surface area contributed by atoms with Crippen molar-refractivity contribution < 1.29 is 5.11 Å². The molecule has 2 nitrogen and oxygen atoms in total. The standard InChI is InChI=1S/C14H23NOS/c1-2-13(14-7-4-8-17-14)15-9-11-5-3-6-12(11)10-16/h4,7-8,11-13,15-16H,2-3,5-6,9-10H2,1H3. The Bertz CT molecular complexity index is 312. The largest absolute Gasteiger partial charge is 0.396 e. The van der Waals surface area contributed by atoms with Crippen molar-refractivity contribution in [2.45, 2.75) is 38.6 Å². The molecule has 17 heavy (non-hydrogen) atoms. The summed E-state index contributed by atoms with van der Waals surface area (Å²) in [5.74, 6) is 1.21. The van der Waals surface area contributed by atoms with Gasteiger partial charge in [0.05, 0.1) is 0 Å². The number of thiophene rings is 1. The first-order valence-electron chi connectivity index (χ1n) is 6.72.